The van der Waals surface area contributed by atoms with Crippen molar-refractivity contribution in [1.82, 2.24) is 24.9 Å². The molecule has 11 rings (SSSR count). The highest BCUT2D eigenvalue weighted by molar-refractivity contribution is 6.13. The largest absolute Gasteiger partial charge is 0.254 e. The van der Waals surface area contributed by atoms with E-state index in [0.29, 0.717) is 23.0 Å². The van der Waals surface area contributed by atoms with Crippen molar-refractivity contribution in [3.05, 3.63) is 200 Å². The lowest BCUT2D eigenvalue weighted by atomic mass is 9.90. The van der Waals surface area contributed by atoms with Crippen LogP contribution in [0.5, 0.6) is 0 Å². The second-order valence-electron chi connectivity index (χ2n) is 14.8. The molecule has 6 nitrogen and oxygen atoms in total. The fraction of sp³-hybridized carbons (Fsp3) is 0. The van der Waals surface area contributed by atoms with Crippen LogP contribution in [0.2, 0.25) is 0 Å². The Hall–Kier alpha value is -8.40. The number of hydrogen-bond donors (Lipinski definition) is 0. The monoisotopic (exact) mass is 764 g/mol. The molecule has 278 valence electrons. The van der Waals surface area contributed by atoms with E-state index in [1.54, 1.807) is 0 Å². The van der Waals surface area contributed by atoms with Crippen molar-refractivity contribution in [3.8, 4) is 73.6 Å². The molecule has 0 aliphatic carbocycles. The number of pyridine rings is 2. The van der Waals surface area contributed by atoms with Gasteiger partial charge >= 0.3 is 0 Å². The summed E-state index contributed by atoms with van der Waals surface area (Å²) in [5.74, 6) is 1.91. The third kappa shape index (κ3) is 6.19. The molecule has 0 spiro atoms. The third-order valence-corrected chi connectivity index (χ3v) is 11.2. The minimum absolute atomic E-state index is 0.591. The predicted molar refractivity (Wildman–Crippen MR) is 243 cm³/mol. The maximum atomic E-state index is 9.46. The van der Waals surface area contributed by atoms with E-state index in [-0.39, 0.29) is 0 Å². The highest BCUT2D eigenvalue weighted by Gasteiger charge is 2.16. The molecule has 0 fully saturated rings. The standard InChI is InChI=1S/C54H32N6/c55-33-34-17-18-41-31-42-32-48(47-16-9-29-56-51(47)50(42)57-49(41)30-34)37-21-19-35(20-22-37)43-27-28-44(46-15-8-7-14-45(43)46)36-23-25-40(26-24-36)54-59-52(38-10-3-1-4-11-38)58-53(60-54)39-12-5-2-6-13-39/h1-32H. The fourth-order valence-corrected chi connectivity index (χ4v) is 8.20. The molecule has 0 saturated heterocycles. The van der Waals surface area contributed by atoms with Gasteiger partial charge in [0.05, 0.1) is 28.2 Å². The molecule has 0 saturated carbocycles. The summed E-state index contributed by atoms with van der Waals surface area (Å²) in [6.07, 6.45) is 1.81. The van der Waals surface area contributed by atoms with Crippen LogP contribution in [0.3, 0.4) is 0 Å². The Kier molecular flexibility index (Phi) is 8.42. The topological polar surface area (TPSA) is 88.2 Å². The number of fused-ring (bicyclic) bond motifs is 5. The molecule has 0 N–H and O–H groups in total. The summed E-state index contributed by atoms with van der Waals surface area (Å²) < 4.78 is 0. The predicted octanol–water partition coefficient (Wildman–Crippen LogP) is 13.1. The Labute approximate surface area is 345 Å². The van der Waals surface area contributed by atoms with Gasteiger partial charge in [-0.15, -0.1) is 0 Å². The Bertz CT molecular complexity index is 3410. The van der Waals surface area contributed by atoms with E-state index < -0.39 is 0 Å². The second kappa shape index (κ2) is 14.5. The summed E-state index contributed by atoms with van der Waals surface area (Å²) in [4.78, 5) is 24.5. The molecule has 3 heterocycles. The maximum Gasteiger partial charge on any atom is 0.164 e. The summed E-state index contributed by atoms with van der Waals surface area (Å²) in [6, 6.07) is 66.8. The van der Waals surface area contributed by atoms with Crippen molar-refractivity contribution < 1.29 is 0 Å². The lowest BCUT2D eigenvalue weighted by Crippen LogP contribution is -2.00. The zero-order valence-electron chi connectivity index (χ0n) is 32.2. The summed E-state index contributed by atoms with van der Waals surface area (Å²) in [5.41, 5.74) is 12.6. The minimum atomic E-state index is 0.591. The third-order valence-electron chi connectivity index (χ3n) is 11.2. The number of hydrogen-bond acceptors (Lipinski definition) is 6. The highest BCUT2D eigenvalue weighted by Crippen LogP contribution is 2.39. The van der Waals surface area contributed by atoms with Crippen molar-refractivity contribution >= 4 is 43.5 Å². The molecule has 0 amide bonds. The highest BCUT2D eigenvalue weighted by atomic mass is 15.0. The Morgan fingerprint density at radius 1 is 0.350 bits per heavy atom. The summed E-state index contributed by atoms with van der Waals surface area (Å²) in [7, 11) is 0. The van der Waals surface area contributed by atoms with Crippen molar-refractivity contribution in [3.63, 3.8) is 0 Å². The van der Waals surface area contributed by atoms with Gasteiger partial charge in [0.1, 0.15) is 0 Å². The van der Waals surface area contributed by atoms with E-state index >= 15 is 0 Å². The molecule has 8 aromatic carbocycles. The number of aromatic nitrogens is 5. The van der Waals surface area contributed by atoms with E-state index in [1.165, 1.54) is 16.3 Å². The van der Waals surface area contributed by atoms with Gasteiger partial charge in [0.15, 0.2) is 17.5 Å². The van der Waals surface area contributed by atoms with Gasteiger partial charge in [-0.2, -0.15) is 5.26 Å². The van der Waals surface area contributed by atoms with Gasteiger partial charge in [-0.25, -0.2) is 19.9 Å². The average Bonchev–Trinajstić information content (AvgIpc) is 3.33. The van der Waals surface area contributed by atoms with Crippen LogP contribution in [0.15, 0.2) is 194 Å². The number of rotatable bonds is 6. The van der Waals surface area contributed by atoms with E-state index in [4.69, 9.17) is 24.9 Å². The van der Waals surface area contributed by atoms with Crippen LogP contribution >= 0.6 is 0 Å². The van der Waals surface area contributed by atoms with Crippen molar-refractivity contribution in [2.45, 2.75) is 0 Å². The molecule has 60 heavy (non-hydrogen) atoms. The lowest BCUT2D eigenvalue weighted by molar-refractivity contribution is 1.07. The first-order valence-corrected chi connectivity index (χ1v) is 19.8. The molecule has 11 aromatic rings. The molecule has 3 aromatic heterocycles. The van der Waals surface area contributed by atoms with Crippen LogP contribution in [0.25, 0.3) is 111 Å². The van der Waals surface area contributed by atoms with Crippen LogP contribution < -0.4 is 0 Å². The van der Waals surface area contributed by atoms with Crippen LogP contribution in [-0.2, 0) is 0 Å². The van der Waals surface area contributed by atoms with Crippen LogP contribution in [0.4, 0.5) is 0 Å². The van der Waals surface area contributed by atoms with E-state index in [2.05, 4.69) is 109 Å². The van der Waals surface area contributed by atoms with Crippen molar-refractivity contribution in [2.75, 3.05) is 0 Å². The molecule has 6 heteroatoms. The smallest absolute Gasteiger partial charge is 0.164 e. The average molecular weight is 765 g/mol. The van der Waals surface area contributed by atoms with Crippen LogP contribution in [-0.4, -0.2) is 24.9 Å². The molecular weight excluding hydrogens is 733 g/mol. The normalized spacial score (nSPS) is 11.3. The summed E-state index contributed by atoms with van der Waals surface area (Å²) in [6.45, 7) is 0. The fourth-order valence-electron chi connectivity index (χ4n) is 8.20. The first-order chi connectivity index (χ1) is 29.7. The van der Waals surface area contributed by atoms with Gasteiger partial charge in [0.25, 0.3) is 0 Å². The first-order valence-electron chi connectivity index (χ1n) is 19.8. The van der Waals surface area contributed by atoms with Crippen LogP contribution in [0.1, 0.15) is 5.56 Å². The Balaban J connectivity index is 0.942. The maximum absolute atomic E-state index is 9.46. The van der Waals surface area contributed by atoms with Crippen molar-refractivity contribution in [1.29, 1.82) is 5.26 Å². The molecule has 0 atom stereocenters. The van der Waals surface area contributed by atoms with E-state index in [0.717, 1.165) is 77.2 Å². The Morgan fingerprint density at radius 2 is 0.850 bits per heavy atom. The summed E-state index contributed by atoms with van der Waals surface area (Å²) >= 11 is 0. The van der Waals surface area contributed by atoms with E-state index in [9.17, 15) is 5.26 Å². The molecule has 0 bridgehead atoms. The first kappa shape index (κ1) is 34.8. The number of nitriles is 1. The molecular formula is C54H32N6. The van der Waals surface area contributed by atoms with Gasteiger partial charge in [-0.05, 0) is 74.5 Å². The quantitative estimate of drug-likeness (QED) is 0.124. The Morgan fingerprint density at radius 3 is 1.42 bits per heavy atom. The zero-order valence-corrected chi connectivity index (χ0v) is 32.2. The second-order valence-corrected chi connectivity index (χ2v) is 14.8. The lowest BCUT2D eigenvalue weighted by Gasteiger charge is -2.14. The van der Waals surface area contributed by atoms with Gasteiger partial charge in [-0.1, -0.05) is 158 Å². The van der Waals surface area contributed by atoms with Gasteiger partial charge in [0, 0.05) is 39.0 Å². The molecule has 0 aliphatic heterocycles. The van der Waals surface area contributed by atoms with Gasteiger partial charge in [0.2, 0.25) is 0 Å². The zero-order chi connectivity index (χ0) is 40.0. The van der Waals surface area contributed by atoms with Crippen molar-refractivity contribution in [2.24, 2.45) is 0 Å². The molecule has 0 radical (unpaired) electrons. The van der Waals surface area contributed by atoms with Gasteiger partial charge < -0.3 is 0 Å². The minimum Gasteiger partial charge on any atom is -0.254 e. The van der Waals surface area contributed by atoms with Gasteiger partial charge in [-0.3, -0.25) is 4.98 Å². The SMILES string of the molecule is N#Cc1ccc2cc3cc(-c4ccc(-c5ccc(-c6ccc(-c7nc(-c8ccccc8)nc(-c8ccccc8)n7)cc6)c6ccccc56)cc4)c4cccnc4c3nc2c1. The molecule has 0 aliphatic rings. The van der Waals surface area contributed by atoms with Crippen LogP contribution in [0, 0.1) is 11.3 Å². The number of nitrogens with zero attached hydrogens (tertiary/aromatic N) is 6. The summed E-state index contributed by atoms with van der Waals surface area (Å²) in [5, 5.41) is 14.9. The molecule has 0 unspecified atom stereocenters. The number of benzene rings is 8. The van der Waals surface area contributed by atoms with E-state index in [1.807, 2.05) is 91.1 Å².